The molecule has 3 aromatic rings. The van der Waals surface area contributed by atoms with Gasteiger partial charge in [0.2, 0.25) is 0 Å². The van der Waals surface area contributed by atoms with Gasteiger partial charge in [0.1, 0.15) is 23.0 Å². The number of hydrogen-bond acceptors (Lipinski definition) is 9. The molecule has 3 aromatic carbocycles. The Morgan fingerprint density at radius 1 is 0.479 bits per heavy atom. The number of ketones is 1. The predicted octanol–water partition coefficient (Wildman–Crippen LogP) is 8.27. The molecule has 0 heterocycles. The molecule has 0 N–H and O–H groups in total. The van der Waals surface area contributed by atoms with E-state index in [4.69, 9.17) is 23.7 Å². The average Bonchev–Trinajstić information content (AvgIpc) is 3.11. The van der Waals surface area contributed by atoms with E-state index >= 15 is 0 Å². The van der Waals surface area contributed by atoms with Crippen LogP contribution in [0.4, 0.5) is 0 Å². The summed E-state index contributed by atoms with van der Waals surface area (Å²) >= 11 is 0. The summed E-state index contributed by atoms with van der Waals surface area (Å²) in [6, 6.07) is 19.7. The van der Waals surface area contributed by atoms with E-state index in [0.29, 0.717) is 60.4 Å². The summed E-state index contributed by atoms with van der Waals surface area (Å²) in [5, 5.41) is 0. The molecular formula is C39H44O9. The van der Waals surface area contributed by atoms with Crippen molar-refractivity contribution in [2.45, 2.75) is 64.2 Å². The third-order valence-electron chi connectivity index (χ3n) is 7.21. The van der Waals surface area contributed by atoms with Crippen molar-refractivity contribution in [3.63, 3.8) is 0 Å². The molecule has 0 aliphatic heterocycles. The Labute approximate surface area is 282 Å². The van der Waals surface area contributed by atoms with Crippen LogP contribution in [-0.4, -0.2) is 43.5 Å². The normalized spacial score (nSPS) is 10.4. The van der Waals surface area contributed by atoms with Gasteiger partial charge >= 0.3 is 17.9 Å². The zero-order valence-electron chi connectivity index (χ0n) is 27.4. The molecule has 0 aliphatic rings. The summed E-state index contributed by atoms with van der Waals surface area (Å²) in [5.74, 6) is 0.589. The fraction of sp³-hybridized carbons (Fsp3) is 0.333. The maximum Gasteiger partial charge on any atom is 0.343 e. The smallest absolute Gasteiger partial charge is 0.343 e. The SMILES string of the molecule is C=CC(=O)CCCCCCCOc1ccc(C(=O)Oc2ccc(OC(=O)c3ccc(OCCCCCCOC(=O)C=C)cc3)cc2)cc1. The van der Waals surface area contributed by atoms with Crippen LogP contribution in [0.15, 0.2) is 98.1 Å². The Balaban J connectivity index is 1.31. The zero-order chi connectivity index (χ0) is 34.4. The van der Waals surface area contributed by atoms with Crippen molar-refractivity contribution >= 4 is 23.7 Å². The first-order valence-electron chi connectivity index (χ1n) is 16.3. The Morgan fingerprint density at radius 3 is 1.31 bits per heavy atom. The minimum absolute atomic E-state index is 0.0939. The zero-order valence-corrected chi connectivity index (χ0v) is 27.4. The van der Waals surface area contributed by atoms with E-state index in [0.717, 1.165) is 63.9 Å². The molecule has 0 unspecified atom stereocenters. The minimum Gasteiger partial charge on any atom is -0.494 e. The topological polar surface area (TPSA) is 114 Å². The fourth-order valence-electron chi connectivity index (χ4n) is 4.49. The van der Waals surface area contributed by atoms with Crippen LogP contribution in [0, 0.1) is 0 Å². The molecule has 0 aromatic heterocycles. The van der Waals surface area contributed by atoms with Crippen LogP contribution >= 0.6 is 0 Å². The van der Waals surface area contributed by atoms with Crippen molar-refractivity contribution in [1.29, 1.82) is 0 Å². The van der Waals surface area contributed by atoms with Crippen LogP contribution in [0.3, 0.4) is 0 Å². The second-order valence-electron chi connectivity index (χ2n) is 11.0. The van der Waals surface area contributed by atoms with Crippen LogP contribution in [0.5, 0.6) is 23.0 Å². The quantitative estimate of drug-likeness (QED) is 0.0431. The number of carbonyl (C=O) groups excluding carboxylic acids is 4. The highest BCUT2D eigenvalue weighted by Gasteiger charge is 2.12. The number of hydrogen-bond donors (Lipinski definition) is 0. The van der Waals surface area contributed by atoms with Crippen molar-refractivity contribution in [3.05, 3.63) is 109 Å². The summed E-state index contributed by atoms with van der Waals surface area (Å²) in [6.45, 7) is 8.35. The summed E-state index contributed by atoms with van der Waals surface area (Å²) in [7, 11) is 0. The van der Waals surface area contributed by atoms with Gasteiger partial charge in [0.25, 0.3) is 0 Å². The molecule has 0 saturated heterocycles. The molecule has 0 saturated carbocycles. The van der Waals surface area contributed by atoms with Gasteiger partial charge in [-0.1, -0.05) is 32.4 Å². The predicted molar refractivity (Wildman–Crippen MR) is 183 cm³/mol. The second-order valence-corrected chi connectivity index (χ2v) is 11.0. The molecular weight excluding hydrogens is 612 g/mol. The Kier molecular flexibility index (Phi) is 16.8. The Bertz CT molecular complexity index is 1350. The molecule has 0 fully saturated rings. The number of ether oxygens (including phenoxy) is 5. The lowest BCUT2D eigenvalue weighted by Gasteiger charge is -2.09. The van der Waals surface area contributed by atoms with Gasteiger partial charge < -0.3 is 23.7 Å². The Morgan fingerprint density at radius 2 is 0.875 bits per heavy atom. The van der Waals surface area contributed by atoms with Crippen LogP contribution in [0.1, 0.15) is 84.9 Å². The summed E-state index contributed by atoms with van der Waals surface area (Å²) in [5.41, 5.74) is 0.746. The molecule has 0 amide bonds. The van der Waals surface area contributed by atoms with Gasteiger partial charge in [0, 0.05) is 12.5 Å². The number of carbonyl (C=O) groups is 4. The lowest BCUT2D eigenvalue weighted by atomic mass is 10.1. The molecule has 0 spiro atoms. The molecule has 0 atom stereocenters. The van der Waals surface area contributed by atoms with Crippen molar-refractivity contribution in [2.24, 2.45) is 0 Å². The highest BCUT2D eigenvalue weighted by Crippen LogP contribution is 2.22. The van der Waals surface area contributed by atoms with Crippen LogP contribution in [0.25, 0.3) is 0 Å². The van der Waals surface area contributed by atoms with Gasteiger partial charge in [0.05, 0.1) is 30.9 Å². The van der Waals surface area contributed by atoms with E-state index < -0.39 is 17.9 Å². The monoisotopic (exact) mass is 656 g/mol. The van der Waals surface area contributed by atoms with Crippen molar-refractivity contribution in [3.8, 4) is 23.0 Å². The summed E-state index contributed by atoms with van der Waals surface area (Å²) in [4.78, 5) is 47.4. The van der Waals surface area contributed by atoms with E-state index in [2.05, 4.69) is 13.2 Å². The minimum atomic E-state index is -0.525. The van der Waals surface area contributed by atoms with Gasteiger partial charge in [-0.25, -0.2) is 14.4 Å². The molecule has 9 nitrogen and oxygen atoms in total. The van der Waals surface area contributed by atoms with E-state index in [-0.39, 0.29) is 5.78 Å². The van der Waals surface area contributed by atoms with Crippen LogP contribution in [0.2, 0.25) is 0 Å². The molecule has 48 heavy (non-hydrogen) atoms. The molecule has 0 radical (unpaired) electrons. The van der Waals surface area contributed by atoms with Crippen molar-refractivity contribution in [1.82, 2.24) is 0 Å². The first-order valence-corrected chi connectivity index (χ1v) is 16.3. The maximum atomic E-state index is 12.6. The van der Waals surface area contributed by atoms with Crippen molar-refractivity contribution < 1.29 is 42.9 Å². The number of allylic oxidation sites excluding steroid dienone is 1. The standard InChI is InChI=1S/C39H44O9/c1-3-32(40)14-10-6-5-7-11-27-44-33-19-15-30(16-20-33)38(42)47-35-23-25-36(26-24-35)48-39(43)31-17-21-34(22-18-31)45-28-12-8-9-13-29-46-37(41)4-2/h3-4,15-26H,1-2,5-14,27-29H2. The van der Waals surface area contributed by atoms with Crippen LogP contribution < -0.4 is 18.9 Å². The van der Waals surface area contributed by atoms with E-state index in [9.17, 15) is 19.2 Å². The largest absolute Gasteiger partial charge is 0.494 e. The summed E-state index contributed by atoms with van der Waals surface area (Å²) < 4.78 is 27.4. The molecule has 254 valence electrons. The fourth-order valence-corrected chi connectivity index (χ4v) is 4.49. The average molecular weight is 657 g/mol. The van der Waals surface area contributed by atoms with E-state index in [1.165, 1.54) is 6.08 Å². The van der Waals surface area contributed by atoms with Gasteiger partial charge in [-0.3, -0.25) is 4.79 Å². The second kappa shape index (κ2) is 21.6. The third kappa shape index (κ3) is 14.5. The van der Waals surface area contributed by atoms with Crippen LogP contribution in [-0.2, 0) is 14.3 Å². The first-order chi connectivity index (χ1) is 23.4. The highest BCUT2D eigenvalue weighted by molar-refractivity contribution is 5.92. The van der Waals surface area contributed by atoms with Gasteiger partial charge in [0.15, 0.2) is 5.78 Å². The van der Waals surface area contributed by atoms with Gasteiger partial charge in [-0.15, -0.1) is 0 Å². The molecule has 9 heteroatoms. The van der Waals surface area contributed by atoms with Gasteiger partial charge in [-0.2, -0.15) is 0 Å². The first kappa shape index (κ1) is 37.3. The highest BCUT2D eigenvalue weighted by atomic mass is 16.5. The molecule has 3 rings (SSSR count). The lowest BCUT2D eigenvalue weighted by molar-refractivity contribution is -0.137. The van der Waals surface area contributed by atoms with Crippen molar-refractivity contribution in [2.75, 3.05) is 19.8 Å². The van der Waals surface area contributed by atoms with E-state index in [1.54, 1.807) is 72.8 Å². The van der Waals surface area contributed by atoms with E-state index in [1.807, 2.05) is 0 Å². The maximum absolute atomic E-state index is 12.6. The lowest BCUT2D eigenvalue weighted by Crippen LogP contribution is -2.09. The number of esters is 3. The molecule has 0 bridgehead atoms. The summed E-state index contributed by atoms with van der Waals surface area (Å²) in [6.07, 6.45) is 11.5. The molecule has 0 aliphatic carbocycles. The third-order valence-corrected chi connectivity index (χ3v) is 7.21. The number of unbranched alkanes of at least 4 members (excludes halogenated alkanes) is 7. The number of benzene rings is 3. The number of rotatable bonds is 23. The Hall–Kier alpha value is -5.18. The van der Waals surface area contributed by atoms with Gasteiger partial charge in [-0.05, 0) is 117 Å².